The summed E-state index contributed by atoms with van der Waals surface area (Å²) in [7, 11) is 0. The Bertz CT molecular complexity index is 1400. The van der Waals surface area contributed by atoms with Crippen molar-refractivity contribution in [2.24, 2.45) is 0 Å². The molecule has 1 N–H and O–H groups in total. The predicted molar refractivity (Wildman–Crippen MR) is 133 cm³/mol. The number of hydrogen-bond donors (Lipinski definition) is 1. The first-order valence-electron chi connectivity index (χ1n) is 9.59. The van der Waals surface area contributed by atoms with Gasteiger partial charge in [-0.05, 0) is 42.0 Å². The van der Waals surface area contributed by atoms with Gasteiger partial charge in [-0.25, -0.2) is 4.98 Å². The van der Waals surface area contributed by atoms with E-state index in [2.05, 4.69) is 10.3 Å². The summed E-state index contributed by atoms with van der Waals surface area (Å²) >= 11 is 19.8. The molecule has 2 heterocycles. The van der Waals surface area contributed by atoms with Crippen molar-refractivity contribution >= 4 is 63.3 Å². The number of carbonyl (C=O) groups excluding carboxylic acids is 1. The molecule has 164 valence electrons. The zero-order chi connectivity index (χ0) is 23.4. The summed E-state index contributed by atoms with van der Waals surface area (Å²) in [5, 5.41) is 14.2. The van der Waals surface area contributed by atoms with Gasteiger partial charge in [0.05, 0.1) is 5.02 Å². The summed E-state index contributed by atoms with van der Waals surface area (Å²) < 4.78 is 5.74. The number of nitrogens with zero attached hydrogens (tertiary/aromatic N) is 2. The number of thiazole rings is 1. The van der Waals surface area contributed by atoms with Gasteiger partial charge in [0.15, 0.2) is 5.13 Å². The number of nitrogens with one attached hydrogen (secondary N) is 1. The Morgan fingerprint density at radius 2 is 1.94 bits per heavy atom. The van der Waals surface area contributed by atoms with Crippen molar-refractivity contribution in [3.8, 4) is 17.4 Å². The van der Waals surface area contributed by atoms with Crippen molar-refractivity contribution in [1.29, 1.82) is 5.26 Å². The van der Waals surface area contributed by atoms with Crippen molar-refractivity contribution < 1.29 is 9.21 Å². The van der Waals surface area contributed by atoms with E-state index < -0.39 is 5.91 Å². The SMILES string of the molecule is N#C/C(=C/c1ccc(-c2cc(Cl)ccc2Cl)o1)C(=O)Nc1ncc(Cc2ccccc2Cl)s1. The van der Waals surface area contributed by atoms with E-state index in [0.29, 0.717) is 43.7 Å². The van der Waals surface area contributed by atoms with Crippen LogP contribution in [-0.2, 0) is 11.2 Å². The Hall–Kier alpha value is -3.08. The van der Waals surface area contributed by atoms with E-state index in [-0.39, 0.29) is 5.57 Å². The quantitative estimate of drug-likeness (QED) is 0.213. The third-order valence-corrected chi connectivity index (χ3v) is 6.42. The largest absolute Gasteiger partial charge is 0.457 e. The number of aromatic nitrogens is 1. The molecule has 1 amide bonds. The maximum Gasteiger partial charge on any atom is 0.268 e. The second-order valence-corrected chi connectivity index (χ2v) is 9.22. The van der Waals surface area contributed by atoms with Crippen molar-refractivity contribution in [3.05, 3.63) is 97.6 Å². The maximum absolute atomic E-state index is 12.6. The molecule has 0 unspecified atom stereocenters. The molecule has 0 fully saturated rings. The Morgan fingerprint density at radius 3 is 2.73 bits per heavy atom. The van der Waals surface area contributed by atoms with Crippen LogP contribution < -0.4 is 5.32 Å². The number of nitriles is 1. The Labute approximate surface area is 208 Å². The highest BCUT2D eigenvalue weighted by Gasteiger charge is 2.15. The number of rotatable bonds is 6. The van der Waals surface area contributed by atoms with Crippen LogP contribution in [0, 0.1) is 11.3 Å². The first-order chi connectivity index (χ1) is 15.9. The molecule has 0 radical (unpaired) electrons. The molecule has 9 heteroatoms. The smallest absolute Gasteiger partial charge is 0.268 e. The predicted octanol–water partition coefficient (Wildman–Crippen LogP) is 7.50. The lowest BCUT2D eigenvalue weighted by molar-refractivity contribution is -0.112. The van der Waals surface area contributed by atoms with Crippen LogP contribution >= 0.6 is 46.1 Å². The summed E-state index contributed by atoms with van der Waals surface area (Å²) in [4.78, 5) is 17.8. The van der Waals surface area contributed by atoms with Crippen molar-refractivity contribution in [1.82, 2.24) is 4.98 Å². The minimum atomic E-state index is -0.588. The van der Waals surface area contributed by atoms with Crippen molar-refractivity contribution in [2.75, 3.05) is 5.32 Å². The zero-order valence-electron chi connectivity index (χ0n) is 16.8. The van der Waals surface area contributed by atoms with Gasteiger partial charge in [0.2, 0.25) is 0 Å². The van der Waals surface area contributed by atoms with Gasteiger partial charge in [-0.1, -0.05) is 53.0 Å². The summed E-state index contributed by atoms with van der Waals surface area (Å²) in [6, 6.07) is 17.8. The van der Waals surface area contributed by atoms with E-state index in [1.54, 1.807) is 36.5 Å². The number of furan rings is 1. The van der Waals surface area contributed by atoms with Gasteiger partial charge >= 0.3 is 0 Å². The maximum atomic E-state index is 12.6. The molecule has 0 atom stereocenters. The molecule has 4 aromatic rings. The van der Waals surface area contributed by atoms with E-state index in [4.69, 9.17) is 39.2 Å². The van der Waals surface area contributed by atoms with Gasteiger partial charge < -0.3 is 4.42 Å². The van der Waals surface area contributed by atoms with Gasteiger partial charge in [0.25, 0.3) is 5.91 Å². The van der Waals surface area contributed by atoms with E-state index >= 15 is 0 Å². The van der Waals surface area contributed by atoms with Crippen LogP contribution in [0.5, 0.6) is 0 Å². The molecule has 5 nitrogen and oxygen atoms in total. The molecule has 0 saturated heterocycles. The number of carbonyl (C=O) groups is 1. The van der Waals surface area contributed by atoms with Gasteiger partial charge in [-0.2, -0.15) is 5.26 Å². The Kier molecular flexibility index (Phi) is 7.17. The third-order valence-electron chi connectivity index (χ3n) is 4.57. The van der Waals surface area contributed by atoms with Crippen molar-refractivity contribution in [2.45, 2.75) is 6.42 Å². The van der Waals surface area contributed by atoms with E-state index in [0.717, 1.165) is 10.4 Å². The highest BCUT2D eigenvalue weighted by molar-refractivity contribution is 7.15. The second-order valence-electron chi connectivity index (χ2n) is 6.85. The minimum Gasteiger partial charge on any atom is -0.457 e. The molecule has 0 aliphatic rings. The van der Waals surface area contributed by atoms with Crippen LogP contribution in [0.25, 0.3) is 17.4 Å². The first kappa shape index (κ1) is 23.1. The van der Waals surface area contributed by atoms with Crippen LogP contribution in [0.4, 0.5) is 5.13 Å². The highest BCUT2D eigenvalue weighted by Crippen LogP contribution is 2.32. The second kappa shape index (κ2) is 10.2. The molecule has 0 aliphatic carbocycles. The normalized spacial score (nSPS) is 11.3. The molecule has 0 spiro atoms. The molecule has 2 aromatic heterocycles. The summed E-state index contributed by atoms with van der Waals surface area (Å²) in [6.45, 7) is 0. The molecule has 33 heavy (non-hydrogen) atoms. The van der Waals surface area contributed by atoms with Crippen molar-refractivity contribution in [3.63, 3.8) is 0 Å². The number of anilines is 1. The number of hydrogen-bond acceptors (Lipinski definition) is 5. The Morgan fingerprint density at radius 1 is 1.12 bits per heavy atom. The standard InChI is InChI=1S/C24H14Cl3N3O2S/c25-16-5-7-21(27)19(11-16)22-8-6-17(32-22)9-15(12-28)23(31)30-24-29-13-18(33-24)10-14-3-1-2-4-20(14)26/h1-9,11,13H,10H2,(H,29,30,31)/b15-9-. The highest BCUT2D eigenvalue weighted by atomic mass is 35.5. The van der Waals surface area contributed by atoms with Crippen LogP contribution in [0.2, 0.25) is 15.1 Å². The molecule has 4 rings (SSSR count). The summed E-state index contributed by atoms with van der Waals surface area (Å²) in [5.74, 6) is 0.205. The fourth-order valence-corrected chi connectivity index (χ4v) is 4.41. The van der Waals surface area contributed by atoms with Crippen LogP contribution in [0.1, 0.15) is 16.2 Å². The molecule has 0 aliphatic heterocycles. The summed E-state index contributed by atoms with van der Waals surface area (Å²) in [5.41, 5.74) is 1.45. The lowest BCUT2D eigenvalue weighted by Gasteiger charge is -2.02. The Balaban J connectivity index is 1.48. The van der Waals surface area contributed by atoms with E-state index in [1.807, 2.05) is 30.3 Å². The van der Waals surface area contributed by atoms with Crippen LogP contribution in [0.3, 0.4) is 0 Å². The average Bonchev–Trinajstić information content (AvgIpc) is 3.44. The van der Waals surface area contributed by atoms with Crippen LogP contribution in [-0.4, -0.2) is 10.9 Å². The number of benzene rings is 2. The third kappa shape index (κ3) is 5.65. The topological polar surface area (TPSA) is 78.9 Å². The van der Waals surface area contributed by atoms with Crippen LogP contribution in [0.15, 0.2) is 70.8 Å². The molecule has 2 aromatic carbocycles. The zero-order valence-corrected chi connectivity index (χ0v) is 19.9. The average molecular weight is 515 g/mol. The molecular formula is C24H14Cl3N3O2S. The fourth-order valence-electron chi connectivity index (χ4n) is 2.99. The molecule has 0 saturated carbocycles. The lowest BCUT2D eigenvalue weighted by atomic mass is 10.1. The van der Waals surface area contributed by atoms with Gasteiger partial charge in [-0.3, -0.25) is 10.1 Å². The fraction of sp³-hybridized carbons (Fsp3) is 0.0417. The monoisotopic (exact) mass is 513 g/mol. The minimum absolute atomic E-state index is 0.129. The number of amides is 1. The van der Waals surface area contributed by atoms with E-state index in [9.17, 15) is 10.1 Å². The first-order valence-corrected chi connectivity index (χ1v) is 11.5. The van der Waals surface area contributed by atoms with Gasteiger partial charge in [0.1, 0.15) is 23.2 Å². The molecular weight excluding hydrogens is 501 g/mol. The van der Waals surface area contributed by atoms with Gasteiger partial charge in [0, 0.05) is 39.2 Å². The van der Waals surface area contributed by atoms with Gasteiger partial charge in [-0.15, -0.1) is 11.3 Å². The van der Waals surface area contributed by atoms with E-state index in [1.165, 1.54) is 17.4 Å². The lowest BCUT2D eigenvalue weighted by Crippen LogP contribution is -2.13. The summed E-state index contributed by atoms with van der Waals surface area (Å²) in [6.07, 6.45) is 3.62. The molecule has 0 bridgehead atoms. The number of halogens is 3.